The first-order valence-corrected chi connectivity index (χ1v) is 6.62. The lowest BCUT2D eigenvalue weighted by molar-refractivity contribution is 0.270. The summed E-state index contributed by atoms with van der Waals surface area (Å²) >= 11 is 1.48. The number of hydrogen-bond donors (Lipinski definition) is 2. The van der Waals surface area contributed by atoms with E-state index in [-0.39, 0.29) is 35.8 Å². The third kappa shape index (κ3) is 2.54. The summed E-state index contributed by atoms with van der Waals surface area (Å²) in [6.07, 6.45) is 1.66. The van der Waals surface area contributed by atoms with Crippen molar-refractivity contribution in [3.05, 3.63) is 33.6 Å². The smallest absolute Gasteiger partial charge is 0.140 e. The van der Waals surface area contributed by atoms with Crippen molar-refractivity contribution in [3.63, 3.8) is 0 Å². The van der Waals surface area contributed by atoms with Gasteiger partial charge in [-0.2, -0.15) is 15.6 Å². The Morgan fingerprint density at radius 1 is 1.55 bits per heavy atom. The average Bonchev–Trinajstić information content (AvgIpc) is 3.05. The Morgan fingerprint density at radius 2 is 2.35 bits per heavy atom. The zero-order valence-electron chi connectivity index (χ0n) is 10.4. The number of aromatic nitrogens is 2. The molecule has 2 aromatic heterocycles. The molecule has 0 bridgehead atoms. The van der Waals surface area contributed by atoms with E-state index in [2.05, 4.69) is 5.10 Å². The van der Waals surface area contributed by atoms with Gasteiger partial charge in [-0.05, 0) is 17.5 Å². The van der Waals surface area contributed by atoms with E-state index in [9.17, 15) is 10.5 Å². The van der Waals surface area contributed by atoms with Crippen LogP contribution in [0.3, 0.4) is 0 Å². The predicted molar refractivity (Wildman–Crippen MR) is 76.2 cm³/mol. The van der Waals surface area contributed by atoms with Gasteiger partial charge >= 0.3 is 0 Å². The van der Waals surface area contributed by atoms with Crippen molar-refractivity contribution in [2.24, 2.45) is 0 Å². The maximum absolute atomic E-state index is 9.27. The molecule has 0 aromatic carbocycles. The number of thiophene rings is 1. The van der Waals surface area contributed by atoms with Gasteiger partial charge in [0, 0.05) is 4.88 Å². The molecule has 0 aliphatic rings. The van der Waals surface area contributed by atoms with Crippen molar-refractivity contribution < 1.29 is 5.11 Å². The Kier molecular flexibility index (Phi) is 4.16. The number of allylic oxidation sites excluding steroid dienone is 1. The van der Waals surface area contributed by atoms with E-state index >= 15 is 0 Å². The fraction of sp³-hybridized carbons (Fsp3) is 0.154. The Balaban J connectivity index is 2.54. The summed E-state index contributed by atoms with van der Waals surface area (Å²) in [5, 5.41) is 33.4. The molecular formula is C13H11N5OS. The van der Waals surface area contributed by atoms with Crippen LogP contribution in [-0.2, 0) is 6.54 Å². The maximum atomic E-state index is 9.27. The van der Waals surface area contributed by atoms with Gasteiger partial charge in [-0.15, -0.1) is 11.3 Å². The van der Waals surface area contributed by atoms with Crippen LogP contribution in [0, 0.1) is 22.7 Å². The minimum absolute atomic E-state index is 0.146. The molecule has 7 heteroatoms. The van der Waals surface area contributed by atoms with Crippen LogP contribution in [0.15, 0.2) is 17.5 Å². The number of nitrogens with two attached hydrogens (primary N) is 1. The monoisotopic (exact) mass is 285 g/mol. The van der Waals surface area contributed by atoms with Crippen LogP contribution >= 0.6 is 11.3 Å². The van der Waals surface area contributed by atoms with Crippen molar-refractivity contribution in [2.45, 2.75) is 6.54 Å². The van der Waals surface area contributed by atoms with Gasteiger partial charge in [-0.25, -0.2) is 4.68 Å². The lowest BCUT2D eigenvalue weighted by Crippen LogP contribution is -2.07. The van der Waals surface area contributed by atoms with Crippen LogP contribution in [0.4, 0.5) is 5.82 Å². The zero-order chi connectivity index (χ0) is 14.5. The van der Waals surface area contributed by atoms with Crippen LogP contribution in [0.1, 0.15) is 16.1 Å². The molecule has 0 aliphatic heterocycles. The number of anilines is 1. The molecule has 0 amide bonds. The molecule has 0 saturated carbocycles. The molecule has 100 valence electrons. The number of nitrogen functional groups attached to an aromatic ring is 1. The number of nitriles is 2. The van der Waals surface area contributed by atoms with Crippen molar-refractivity contribution in [3.8, 4) is 12.1 Å². The molecule has 0 atom stereocenters. The van der Waals surface area contributed by atoms with E-state index in [0.717, 1.165) is 4.88 Å². The van der Waals surface area contributed by atoms with Gasteiger partial charge in [0.05, 0.1) is 18.7 Å². The SMILES string of the molecule is N#C/C(=C/c1cccs1)c1nn(CCO)c(N)c1C#N. The molecule has 2 aromatic rings. The molecule has 0 aliphatic carbocycles. The number of rotatable bonds is 4. The molecule has 0 fully saturated rings. The highest BCUT2D eigenvalue weighted by atomic mass is 32.1. The highest BCUT2D eigenvalue weighted by Gasteiger charge is 2.18. The third-order valence-corrected chi connectivity index (χ3v) is 3.44. The molecule has 0 radical (unpaired) electrons. The Bertz CT molecular complexity index is 715. The minimum Gasteiger partial charge on any atom is -0.394 e. The molecule has 0 spiro atoms. The van der Waals surface area contributed by atoms with Gasteiger partial charge in [-0.1, -0.05) is 6.07 Å². The van der Waals surface area contributed by atoms with Gasteiger partial charge in [0.1, 0.15) is 29.2 Å². The van der Waals surface area contributed by atoms with Crippen molar-refractivity contribution in [1.29, 1.82) is 10.5 Å². The van der Waals surface area contributed by atoms with Gasteiger partial charge in [-0.3, -0.25) is 0 Å². The van der Waals surface area contributed by atoms with E-state index in [1.165, 1.54) is 16.0 Å². The predicted octanol–water partition coefficient (Wildman–Crippen LogP) is 1.45. The van der Waals surface area contributed by atoms with Crippen LogP contribution in [-0.4, -0.2) is 21.5 Å². The van der Waals surface area contributed by atoms with Crippen molar-refractivity contribution in [2.75, 3.05) is 12.3 Å². The van der Waals surface area contributed by atoms with Gasteiger partial charge in [0.2, 0.25) is 0 Å². The molecule has 3 N–H and O–H groups in total. The molecule has 20 heavy (non-hydrogen) atoms. The first-order valence-electron chi connectivity index (χ1n) is 5.74. The summed E-state index contributed by atoms with van der Waals surface area (Å²) in [6, 6.07) is 7.73. The van der Waals surface area contributed by atoms with Crippen LogP contribution < -0.4 is 5.73 Å². The number of aliphatic hydroxyl groups is 1. The molecular weight excluding hydrogens is 274 g/mol. The Labute approximate surface area is 119 Å². The highest BCUT2D eigenvalue weighted by Crippen LogP contribution is 2.25. The quantitative estimate of drug-likeness (QED) is 0.826. The molecule has 0 saturated heterocycles. The normalized spacial score (nSPS) is 11.1. The number of aliphatic hydroxyl groups excluding tert-OH is 1. The Hall–Kier alpha value is -2.61. The third-order valence-electron chi connectivity index (χ3n) is 2.62. The standard InChI is InChI=1S/C13H11N5OS/c14-7-9(6-10-2-1-5-20-10)12-11(8-15)13(16)18(17-12)3-4-19/h1-2,5-6,19H,3-4,16H2/b9-6-. The van der Waals surface area contributed by atoms with Crippen LogP contribution in [0.25, 0.3) is 11.6 Å². The first kappa shape index (κ1) is 13.8. The van der Waals surface area contributed by atoms with E-state index in [1.54, 1.807) is 6.08 Å². The minimum atomic E-state index is -0.146. The molecule has 6 nitrogen and oxygen atoms in total. The van der Waals surface area contributed by atoms with Crippen molar-refractivity contribution in [1.82, 2.24) is 9.78 Å². The first-order chi connectivity index (χ1) is 9.71. The van der Waals surface area contributed by atoms with E-state index in [1.807, 2.05) is 29.7 Å². The molecule has 2 heterocycles. The Morgan fingerprint density at radius 3 is 2.90 bits per heavy atom. The second-order valence-corrected chi connectivity index (χ2v) is 4.83. The molecule has 2 rings (SSSR count). The van der Waals surface area contributed by atoms with E-state index < -0.39 is 0 Å². The van der Waals surface area contributed by atoms with Crippen LogP contribution in [0.5, 0.6) is 0 Å². The second-order valence-electron chi connectivity index (χ2n) is 3.85. The largest absolute Gasteiger partial charge is 0.394 e. The summed E-state index contributed by atoms with van der Waals surface area (Å²) in [5.74, 6) is 0.156. The second kappa shape index (κ2) is 6.02. The summed E-state index contributed by atoms with van der Waals surface area (Å²) in [6.45, 7) is 0.0327. The fourth-order valence-electron chi connectivity index (χ4n) is 1.71. The lowest BCUT2D eigenvalue weighted by atomic mass is 10.1. The van der Waals surface area contributed by atoms with Gasteiger partial charge in [0.25, 0.3) is 0 Å². The summed E-state index contributed by atoms with van der Waals surface area (Å²) in [7, 11) is 0. The highest BCUT2D eigenvalue weighted by molar-refractivity contribution is 7.10. The van der Waals surface area contributed by atoms with Gasteiger partial charge in [0.15, 0.2) is 0 Å². The maximum Gasteiger partial charge on any atom is 0.140 e. The molecule has 0 unspecified atom stereocenters. The zero-order valence-corrected chi connectivity index (χ0v) is 11.3. The summed E-state index contributed by atoms with van der Waals surface area (Å²) < 4.78 is 1.33. The van der Waals surface area contributed by atoms with Crippen molar-refractivity contribution >= 4 is 28.8 Å². The van der Waals surface area contributed by atoms with Gasteiger partial charge < -0.3 is 10.8 Å². The fourth-order valence-corrected chi connectivity index (χ4v) is 2.37. The van der Waals surface area contributed by atoms with E-state index in [0.29, 0.717) is 0 Å². The van der Waals surface area contributed by atoms with Crippen LogP contribution in [0.2, 0.25) is 0 Å². The lowest BCUT2D eigenvalue weighted by Gasteiger charge is -1.98. The average molecular weight is 285 g/mol. The summed E-state index contributed by atoms with van der Waals surface area (Å²) in [4.78, 5) is 0.890. The summed E-state index contributed by atoms with van der Waals surface area (Å²) in [5.41, 5.74) is 6.47. The van der Waals surface area contributed by atoms with E-state index in [4.69, 9.17) is 10.8 Å². The number of hydrogen-bond acceptors (Lipinski definition) is 6. The topological polar surface area (TPSA) is 112 Å². The number of nitrogens with zero attached hydrogens (tertiary/aromatic N) is 4.